The third kappa shape index (κ3) is 2.56. The number of aromatic amines is 1. The van der Waals surface area contributed by atoms with Gasteiger partial charge in [0.25, 0.3) is 5.91 Å². The fourth-order valence-corrected chi connectivity index (χ4v) is 2.04. The summed E-state index contributed by atoms with van der Waals surface area (Å²) < 4.78 is 0. The maximum absolute atomic E-state index is 12.5. The molecule has 0 fully saturated rings. The minimum atomic E-state index is -0.355. The molecule has 2 aromatic rings. The Kier molecular flexibility index (Phi) is 3.89. The van der Waals surface area contributed by atoms with Gasteiger partial charge in [-0.05, 0) is 26.0 Å². The van der Waals surface area contributed by atoms with Crippen LogP contribution in [0.25, 0.3) is 0 Å². The predicted molar refractivity (Wildman–Crippen MR) is 80.0 cm³/mol. The van der Waals surface area contributed by atoms with Gasteiger partial charge in [0.2, 0.25) is 0 Å². The zero-order chi connectivity index (χ0) is 14.7. The Morgan fingerprint density at radius 1 is 1.35 bits per heavy atom. The van der Waals surface area contributed by atoms with Crippen LogP contribution in [-0.4, -0.2) is 17.4 Å². The van der Waals surface area contributed by atoms with Crippen LogP contribution in [0.3, 0.4) is 0 Å². The number of nitrogen functional groups attached to an aromatic ring is 1. The Labute approximate surface area is 117 Å². The first-order valence-electron chi connectivity index (χ1n) is 6.40. The molecule has 0 saturated carbocycles. The Balaban J connectivity index is 2.45. The van der Waals surface area contributed by atoms with E-state index < -0.39 is 0 Å². The molecule has 1 amide bonds. The third-order valence-corrected chi connectivity index (χ3v) is 3.08. The summed E-state index contributed by atoms with van der Waals surface area (Å²) in [7, 11) is 0. The molecule has 0 aliphatic heterocycles. The molecule has 0 bridgehead atoms. The van der Waals surface area contributed by atoms with Crippen molar-refractivity contribution in [2.24, 2.45) is 0 Å². The first-order chi connectivity index (χ1) is 9.54. The highest BCUT2D eigenvalue weighted by molar-refractivity contribution is 6.07. The molecule has 20 heavy (non-hydrogen) atoms. The van der Waals surface area contributed by atoms with E-state index in [1.807, 2.05) is 6.92 Å². The molecule has 3 N–H and O–H groups in total. The first kappa shape index (κ1) is 13.9. The van der Waals surface area contributed by atoms with E-state index in [4.69, 9.17) is 5.73 Å². The summed E-state index contributed by atoms with van der Waals surface area (Å²) in [5.74, 6) is -0.355. The quantitative estimate of drug-likeness (QED) is 0.837. The largest absolute Gasteiger partial charge is 0.397 e. The lowest BCUT2D eigenvalue weighted by molar-refractivity contribution is 0.0987. The number of para-hydroxylation sites is 2. The highest BCUT2D eigenvalue weighted by Crippen LogP contribution is 2.23. The second kappa shape index (κ2) is 5.61. The van der Waals surface area contributed by atoms with Gasteiger partial charge in [0.05, 0.1) is 11.4 Å². The zero-order valence-corrected chi connectivity index (χ0v) is 11.5. The van der Waals surface area contributed by atoms with Crippen LogP contribution in [0.2, 0.25) is 0 Å². The van der Waals surface area contributed by atoms with Gasteiger partial charge in [0, 0.05) is 24.5 Å². The van der Waals surface area contributed by atoms with Gasteiger partial charge in [-0.2, -0.15) is 0 Å². The Morgan fingerprint density at radius 3 is 2.65 bits per heavy atom. The molecular weight excluding hydrogens is 254 g/mol. The maximum atomic E-state index is 12.5. The van der Waals surface area contributed by atoms with Gasteiger partial charge in [-0.25, -0.2) is 0 Å². The lowest BCUT2D eigenvalue weighted by atomic mass is 10.2. The molecule has 2 rings (SSSR count). The number of benzene rings is 1. The molecule has 0 atom stereocenters. The van der Waals surface area contributed by atoms with E-state index in [0.717, 1.165) is 0 Å². The van der Waals surface area contributed by atoms with E-state index in [2.05, 4.69) is 4.98 Å². The van der Waals surface area contributed by atoms with Crippen LogP contribution in [0.5, 0.6) is 0 Å². The maximum Gasteiger partial charge on any atom is 0.263 e. The number of H-pyrrole nitrogens is 1. The number of rotatable bonds is 3. The second-order valence-electron chi connectivity index (χ2n) is 4.50. The van der Waals surface area contributed by atoms with Crippen LogP contribution >= 0.6 is 0 Å². The average Bonchev–Trinajstić information content (AvgIpc) is 2.41. The number of carbonyl (C=O) groups excluding carboxylic acids is 1. The van der Waals surface area contributed by atoms with Crippen LogP contribution in [0, 0.1) is 6.92 Å². The van der Waals surface area contributed by atoms with Crippen molar-refractivity contribution in [2.75, 3.05) is 17.2 Å². The number of hydrogen-bond donors (Lipinski definition) is 2. The number of carbonyl (C=O) groups is 1. The highest BCUT2D eigenvalue weighted by Gasteiger charge is 2.20. The molecule has 0 aliphatic rings. The summed E-state index contributed by atoms with van der Waals surface area (Å²) in [6, 6.07) is 8.51. The number of anilines is 2. The van der Waals surface area contributed by atoms with Gasteiger partial charge < -0.3 is 15.6 Å². The molecular formula is C15H17N3O2. The van der Waals surface area contributed by atoms with Crippen molar-refractivity contribution < 1.29 is 4.79 Å². The van der Waals surface area contributed by atoms with E-state index in [1.165, 1.54) is 17.2 Å². The average molecular weight is 271 g/mol. The SMILES string of the molecule is CCN(C(=O)c1c[nH]c(C)cc1=O)c1ccccc1N. The summed E-state index contributed by atoms with van der Waals surface area (Å²) in [5, 5.41) is 0. The van der Waals surface area contributed by atoms with E-state index in [1.54, 1.807) is 31.2 Å². The molecule has 0 aliphatic carbocycles. The second-order valence-corrected chi connectivity index (χ2v) is 4.50. The van der Waals surface area contributed by atoms with E-state index in [9.17, 15) is 9.59 Å². The number of nitrogens with two attached hydrogens (primary N) is 1. The van der Waals surface area contributed by atoms with Crippen LogP contribution in [0.15, 0.2) is 41.3 Å². The number of pyridine rings is 1. The molecule has 1 aromatic carbocycles. The van der Waals surface area contributed by atoms with Crippen LogP contribution in [-0.2, 0) is 0 Å². The number of nitrogens with one attached hydrogen (secondary N) is 1. The van der Waals surface area contributed by atoms with Crippen LogP contribution < -0.4 is 16.1 Å². The van der Waals surface area contributed by atoms with E-state index in [0.29, 0.717) is 23.6 Å². The van der Waals surface area contributed by atoms with Crippen molar-refractivity contribution >= 4 is 17.3 Å². The smallest absolute Gasteiger partial charge is 0.263 e. The van der Waals surface area contributed by atoms with Crippen molar-refractivity contribution in [3.8, 4) is 0 Å². The minimum Gasteiger partial charge on any atom is -0.397 e. The molecule has 5 heteroatoms. The number of hydrogen-bond acceptors (Lipinski definition) is 3. The molecule has 0 radical (unpaired) electrons. The molecule has 0 saturated heterocycles. The van der Waals surface area contributed by atoms with Gasteiger partial charge in [0.15, 0.2) is 5.43 Å². The molecule has 5 nitrogen and oxygen atoms in total. The van der Waals surface area contributed by atoms with Crippen LogP contribution in [0.4, 0.5) is 11.4 Å². The van der Waals surface area contributed by atoms with Gasteiger partial charge in [-0.15, -0.1) is 0 Å². The fourth-order valence-electron chi connectivity index (χ4n) is 2.04. The molecule has 1 heterocycles. The summed E-state index contributed by atoms with van der Waals surface area (Å²) in [6.45, 7) is 4.04. The topological polar surface area (TPSA) is 79.2 Å². The summed E-state index contributed by atoms with van der Waals surface area (Å²) in [4.78, 5) is 28.8. The standard InChI is InChI=1S/C15H17N3O2/c1-3-18(13-7-5-4-6-12(13)16)15(20)11-9-17-10(2)8-14(11)19/h4-9H,3,16H2,1-2H3,(H,17,19). The Bertz CT molecular complexity index is 692. The first-order valence-corrected chi connectivity index (χ1v) is 6.40. The number of nitrogens with zero attached hydrogens (tertiary/aromatic N) is 1. The monoisotopic (exact) mass is 271 g/mol. The minimum absolute atomic E-state index is 0.112. The zero-order valence-electron chi connectivity index (χ0n) is 11.5. The van der Waals surface area contributed by atoms with Crippen molar-refractivity contribution in [2.45, 2.75) is 13.8 Å². The third-order valence-electron chi connectivity index (χ3n) is 3.08. The van der Waals surface area contributed by atoms with E-state index >= 15 is 0 Å². The highest BCUT2D eigenvalue weighted by atomic mass is 16.2. The lowest BCUT2D eigenvalue weighted by Crippen LogP contribution is -2.34. The normalized spacial score (nSPS) is 10.3. The van der Waals surface area contributed by atoms with Gasteiger partial charge >= 0.3 is 0 Å². The summed E-state index contributed by atoms with van der Waals surface area (Å²) in [5.41, 5.74) is 7.55. The van der Waals surface area contributed by atoms with Crippen molar-refractivity contribution in [1.82, 2.24) is 4.98 Å². The number of amides is 1. The van der Waals surface area contributed by atoms with Crippen molar-refractivity contribution in [3.05, 3.63) is 58.0 Å². The van der Waals surface area contributed by atoms with Gasteiger partial charge in [-0.1, -0.05) is 12.1 Å². The van der Waals surface area contributed by atoms with E-state index in [-0.39, 0.29) is 16.9 Å². The van der Waals surface area contributed by atoms with Crippen LogP contribution in [0.1, 0.15) is 23.0 Å². The molecule has 1 aromatic heterocycles. The summed E-state index contributed by atoms with van der Waals surface area (Å²) in [6.07, 6.45) is 1.45. The van der Waals surface area contributed by atoms with Gasteiger partial charge in [-0.3, -0.25) is 9.59 Å². The fraction of sp³-hybridized carbons (Fsp3) is 0.200. The molecule has 0 unspecified atom stereocenters. The van der Waals surface area contributed by atoms with Crippen molar-refractivity contribution in [3.63, 3.8) is 0 Å². The Hall–Kier alpha value is -2.56. The predicted octanol–water partition coefficient (Wildman–Crippen LogP) is 1.93. The molecule has 0 spiro atoms. The molecule has 104 valence electrons. The number of aryl methyl sites for hydroxylation is 1. The number of aromatic nitrogens is 1. The summed E-state index contributed by atoms with van der Waals surface area (Å²) >= 11 is 0. The lowest BCUT2D eigenvalue weighted by Gasteiger charge is -2.22. The van der Waals surface area contributed by atoms with Gasteiger partial charge in [0.1, 0.15) is 5.56 Å². The van der Waals surface area contributed by atoms with Crippen molar-refractivity contribution in [1.29, 1.82) is 0 Å². The Morgan fingerprint density at radius 2 is 2.05 bits per heavy atom.